The first-order valence-corrected chi connectivity index (χ1v) is 10.8. The van der Waals surface area contributed by atoms with Crippen molar-refractivity contribution in [2.75, 3.05) is 33.4 Å². The molecule has 158 valence electrons. The van der Waals surface area contributed by atoms with Crippen LogP contribution in [0.4, 0.5) is 4.79 Å². The Kier molecular flexibility index (Phi) is 9.34. The summed E-state index contributed by atoms with van der Waals surface area (Å²) in [7, 11) is -2.30. The SMILES string of the molecule is COCCNS(=O)(=O)c1ccc(Br)c(C(=O)NCCNC(=O)OC(C)(C)C)c1. The zero-order chi connectivity index (χ0) is 21.4. The molecule has 1 rings (SSSR count). The molecule has 28 heavy (non-hydrogen) atoms. The van der Waals surface area contributed by atoms with Gasteiger partial charge in [0.05, 0.1) is 17.1 Å². The Morgan fingerprint density at radius 2 is 1.75 bits per heavy atom. The summed E-state index contributed by atoms with van der Waals surface area (Å²) in [4.78, 5) is 23.9. The van der Waals surface area contributed by atoms with Crippen LogP contribution in [-0.4, -0.2) is 59.4 Å². The van der Waals surface area contributed by atoms with Gasteiger partial charge in [0.25, 0.3) is 5.91 Å². The lowest BCUT2D eigenvalue weighted by Crippen LogP contribution is -2.38. The molecule has 0 spiro atoms. The molecule has 1 aromatic rings. The Labute approximate surface area is 173 Å². The molecule has 0 radical (unpaired) electrons. The highest BCUT2D eigenvalue weighted by Gasteiger charge is 2.19. The molecule has 0 aliphatic carbocycles. The summed E-state index contributed by atoms with van der Waals surface area (Å²) in [5, 5.41) is 5.13. The molecule has 0 unspecified atom stereocenters. The Morgan fingerprint density at radius 3 is 2.36 bits per heavy atom. The standard InChI is InChI=1S/C17H26BrN3O6S/c1-17(2,3)27-16(23)20-8-7-19-15(22)13-11-12(5-6-14(13)18)28(24,25)21-9-10-26-4/h5-6,11,21H,7-10H2,1-4H3,(H,19,22)(H,20,23). The molecule has 0 saturated carbocycles. The Hall–Kier alpha value is -1.69. The number of hydrogen-bond donors (Lipinski definition) is 3. The van der Waals surface area contributed by atoms with E-state index < -0.39 is 27.6 Å². The van der Waals surface area contributed by atoms with E-state index in [0.29, 0.717) is 4.47 Å². The maximum atomic E-state index is 12.4. The highest BCUT2D eigenvalue weighted by atomic mass is 79.9. The van der Waals surface area contributed by atoms with Gasteiger partial charge in [0.15, 0.2) is 0 Å². The largest absolute Gasteiger partial charge is 0.444 e. The van der Waals surface area contributed by atoms with Gasteiger partial charge in [0.2, 0.25) is 10.0 Å². The summed E-state index contributed by atoms with van der Waals surface area (Å²) in [6.07, 6.45) is -0.585. The van der Waals surface area contributed by atoms with Crippen LogP contribution < -0.4 is 15.4 Å². The molecule has 0 aromatic heterocycles. The number of carbonyl (C=O) groups is 2. The molecule has 3 N–H and O–H groups in total. The molecule has 0 saturated heterocycles. The number of sulfonamides is 1. The van der Waals surface area contributed by atoms with E-state index in [2.05, 4.69) is 31.3 Å². The number of methoxy groups -OCH3 is 1. The highest BCUT2D eigenvalue weighted by molar-refractivity contribution is 9.10. The molecule has 0 aliphatic heterocycles. The van der Waals surface area contributed by atoms with Gasteiger partial charge in [-0.25, -0.2) is 17.9 Å². The normalized spacial score (nSPS) is 11.8. The maximum Gasteiger partial charge on any atom is 0.407 e. The first kappa shape index (κ1) is 24.3. The van der Waals surface area contributed by atoms with E-state index >= 15 is 0 Å². The number of amides is 2. The predicted octanol–water partition coefficient (Wildman–Crippen LogP) is 1.63. The van der Waals surface area contributed by atoms with Gasteiger partial charge < -0.3 is 20.1 Å². The van der Waals surface area contributed by atoms with Gasteiger partial charge in [-0.05, 0) is 54.9 Å². The molecule has 9 nitrogen and oxygen atoms in total. The van der Waals surface area contributed by atoms with E-state index in [1.807, 2.05) is 0 Å². The van der Waals surface area contributed by atoms with E-state index in [-0.39, 0.29) is 36.7 Å². The van der Waals surface area contributed by atoms with Crippen molar-refractivity contribution in [2.45, 2.75) is 31.3 Å². The monoisotopic (exact) mass is 479 g/mol. The van der Waals surface area contributed by atoms with Crippen LogP contribution in [0.1, 0.15) is 31.1 Å². The molecular formula is C17H26BrN3O6S. The molecular weight excluding hydrogens is 454 g/mol. The van der Waals surface area contributed by atoms with E-state index in [1.165, 1.54) is 25.3 Å². The summed E-state index contributed by atoms with van der Waals surface area (Å²) in [5.41, 5.74) is -0.451. The third kappa shape index (κ3) is 8.55. The Morgan fingerprint density at radius 1 is 1.11 bits per heavy atom. The second-order valence-corrected chi connectivity index (χ2v) is 9.34. The zero-order valence-electron chi connectivity index (χ0n) is 16.3. The van der Waals surface area contributed by atoms with Gasteiger partial charge in [0.1, 0.15) is 5.60 Å². The van der Waals surface area contributed by atoms with Crippen LogP contribution in [0.15, 0.2) is 27.6 Å². The van der Waals surface area contributed by atoms with Crippen molar-refractivity contribution < 1.29 is 27.5 Å². The third-order valence-electron chi connectivity index (χ3n) is 3.17. The Bertz CT molecular complexity index is 793. The first-order valence-electron chi connectivity index (χ1n) is 8.49. The summed E-state index contributed by atoms with van der Waals surface area (Å²) in [6, 6.07) is 4.15. The maximum absolute atomic E-state index is 12.4. The minimum absolute atomic E-state index is 0.0381. The molecule has 1 aromatic carbocycles. The average molecular weight is 480 g/mol. The van der Waals surface area contributed by atoms with Crippen LogP contribution in [0.3, 0.4) is 0 Å². The molecule has 0 bridgehead atoms. The van der Waals surface area contributed by atoms with Gasteiger partial charge >= 0.3 is 6.09 Å². The lowest BCUT2D eigenvalue weighted by molar-refractivity contribution is 0.0526. The Balaban J connectivity index is 2.67. The summed E-state index contributed by atoms with van der Waals surface area (Å²) >= 11 is 3.24. The fourth-order valence-electron chi connectivity index (χ4n) is 1.96. The van der Waals surface area contributed by atoms with Gasteiger partial charge in [0, 0.05) is 31.2 Å². The first-order chi connectivity index (χ1) is 13.0. The predicted molar refractivity (Wildman–Crippen MR) is 108 cm³/mol. The summed E-state index contributed by atoms with van der Waals surface area (Å²) in [5.74, 6) is -0.480. The lowest BCUT2D eigenvalue weighted by atomic mass is 10.2. The van der Waals surface area contributed by atoms with Crippen LogP contribution in [0.2, 0.25) is 0 Å². The van der Waals surface area contributed by atoms with Crippen LogP contribution in [0, 0.1) is 0 Å². The highest BCUT2D eigenvalue weighted by Crippen LogP contribution is 2.21. The molecule has 0 fully saturated rings. The van der Waals surface area contributed by atoms with E-state index in [9.17, 15) is 18.0 Å². The topological polar surface area (TPSA) is 123 Å². The molecule has 0 heterocycles. The smallest absolute Gasteiger partial charge is 0.407 e. The zero-order valence-corrected chi connectivity index (χ0v) is 18.7. The van der Waals surface area contributed by atoms with Crippen molar-refractivity contribution in [3.05, 3.63) is 28.2 Å². The second-order valence-electron chi connectivity index (χ2n) is 6.72. The number of hydrogen-bond acceptors (Lipinski definition) is 6. The summed E-state index contributed by atoms with van der Waals surface area (Å²) in [6.45, 7) is 5.90. The fraction of sp³-hybridized carbons (Fsp3) is 0.529. The number of rotatable bonds is 9. The van der Waals surface area contributed by atoms with Crippen molar-refractivity contribution in [3.8, 4) is 0 Å². The molecule has 2 amide bonds. The van der Waals surface area contributed by atoms with Gasteiger partial charge in [-0.1, -0.05) is 0 Å². The van der Waals surface area contributed by atoms with Crippen LogP contribution in [0.5, 0.6) is 0 Å². The number of ether oxygens (including phenoxy) is 2. The quantitative estimate of drug-likeness (QED) is 0.462. The third-order valence-corrected chi connectivity index (χ3v) is 5.32. The van der Waals surface area contributed by atoms with Crippen molar-refractivity contribution >= 4 is 38.0 Å². The number of halogens is 1. The van der Waals surface area contributed by atoms with Crippen molar-refractivity contribution in [1.82, 2.24) is 15.4 Å². The number of alkyl carbamates (subject to hydrolysis) is 1. The van der Waals surface area contributed by atoms with Gasteiger partial charge in [-0.2, -0.15) is 0 Å². The van der Waals surface area contributed by atoms with E-state index in [4.69, 9.17) is 9.47 Å². The van der Waals surface area contributed by atoms with Gasteiger partial charge in [-0.15, -0.1) is 0 Å². The van der Waals surface area contributed by atoms with Gasteiger partial charge in [-0.3, -0.25) is 4.79 Å². The van der Waals surface area contributed by atoms with Crippen LogP contribution in [0.25, 0.3) is 0 Å². The fourth-order valence-corrected chi connectivity index (χ4v) is 3.42. The summed E-state index contributed by atoms with van der Waals surface area (Å²) < 4.78 is 37.3. The van der Waals surface area contributed by atoms with Crippen molar-refractivity contribution in [1.29, 1.82) is 0 Å². The minimum atomic E-state index is -3.76. The molecule has 11 heteroatoms. The van der Waals surface area contributed by atoms with Crippen LogP contribution in [-0.2, 0) is 19.5 Å². The van der Waals surface area contributed by atoms with Crippen LogP contribution >= 0.6 is 15.9 Å². The minimum Gasteiger partial charge on any atom is -0.444 e. The van der Waals surface area contributed by atoms with Crippen molar-refractivity contribution in [3.63, 3.8) is 0 Å². The van der Waals surface area contributed by atoms with E-state index in [0.717, 1.165) is 0 Å². The molecule has 0 aliphatic rings. The number of benzene rings is 1. The molecule has 0 atom stereocenters. The van der Waals surface area contributed by atoms with E-state index in [1.54, 1.807) is 20.8 Å². The van der Waals surface area contributed by atoms with Crippen molar-refractivity contribution in [2.24, 2.45) is 0 Å². The number of nitrogens with one attached hydrogen (secondary N) is 3. The lowest BCUT2D eigenvalue weighted by Gasteiger charge is -2.19. The average Bonchev–Trinajstić information content (AvgIpc) is 2.57. The number of carbonyl (C=O) groups excluding carboxylic acids is 2. The second kappa shape index (κ2) is 10.7.